The molecular weight excluding hydrogens is 236 g/mol. The van der Waals surface area contributed by atoms with Gasteiger partial charge in [-0.25, -0.2) is 0 Å². The zero-order valence-corrected chi connectivity index (χ0v) is 13.6. The second-order valence-corrected chi connectivity index (χ2v) is 8.30. The third kappa shape index (κ3) is 8.74. The summed E-state index contributed by atoms with van der Waals surface area (Å²) in [6.45, 7) is 9.54. The molecule has 0 rings (SSSR count). The molecule has 0 radical (unpaired) electrons. The van der Waals surface area contributed by atoms with Crippen molar-refractivity contribution in [1.29, 1.82) is 0 Å². The van der Waals surface area contributed by atoms with Crippen LogP contribution in [0.1, 0.15) is 13.8 Å². The fraction of sp³-hybridized carbons (Fsp3) is 1.00. The predicted molar refractivity (Wildman–Crippen MR) is 79.9 cm³/mol. The summed E-state index contributed by atoms with van der Waals surface area (Å²) in [4.78, 5) is 0. The Morgan fingerprint density at radius 1 is 0.688 bits per heavy atom. The standard InChI is InChI=1S/C12H30N2S2/c1-7-13(3,4)9-11-15-16-12-10-14(5,6)8-2/h7-12H2,1-6H3/q+2. The van der Waals surface area contributed by atoms with Crippen molar-refractivity contribution in [2.24, 2.45) is 0 Å². The fourth-order valence-corrected chi connectivity index (χ4v) is 3.53. The quantitative estimate of drug-likeness (QED) is 0.357. The van der Waals surface area contributed by atoms with Crippen LogP contribution in [0.4, 0.5) is 0 Å². The average Bonchev–Trinajstić information content (AvgIpc) is 2.23. The molecule has 0 saturated carbocycles. The maximum Gasteiger partial charge on any atom is 0.0882 e. The molecular formula is C12H30N2S2+2. The van der Waals surface area contributed by atoms with Crippen LogP contribution in [0, 0.1) is 0 Å². The molecule has 0 amide bonds. The molecule has 2 nitrogen and oxygen atoms in total. The van der Waals surface area contributed by atoms with Gasteiger partial charge in [-0.2, -0.15) is 0 Å². The SMILES string of the molecule is CC[N+](C)(C)CCSSCC[N+](C)(C)CC. The minimum atomic E-state index is 1.14. The van der Waals surface area contributed by atoms with Crippen molar-refractivity contribution in [3.8, 4) is 0 Å². The number of hydrogen-bond donors (Lipinski definition) is 0. The number of rotatable bonds is 9. The van der Waals surface area contributed by atoms with E-state index in [-0.39, 0.29) is 0 Å². The van der Waals surface area contributed by atoms with Crippen LogP contribution in [-0.4, -0.2) is 74.8 Å². The molecule has 98 valence electrons. The molecule has 0 aliphatic heterocycles. The van der Waals surface area contributed by atoms with Crippen molar-refractivity contribution in [3.63, 3.8) is 0 Å². The van der Waals surface area contributed by atoms with Gasteiger partial charge in [0.2, 0.25) is 0 Å². The van der Waals surface area contributed by atoms with E-state index in [4.69, 9.17) is 0 Å². The Balaban J connectivity index is 3.42. The van der Waals surface area contributed by atoms with Crippen LogP contribution in [0.2, 0.25) is 0 Å². The van der Waals surface area contributed by atoms with Gasteiger partial charge < -0.3 is 8.97 Å². The molecule has 16 heavy (non-hydrogen) atoms. The van der Waals surface area contributed by atoms with Gasteiger partial charge in [0.15, 0.2) is 0 Å². The van der Waals surface area contributed by atoms with Gasteiger partial charge in [-0.15, -0.1) is 0 Å². The second kappa shape index (κ2) is 7.85. The summed E-state index contributed by atoms with van der Waals surface area (Å²) in [6.07, 6.45) is 0. The van der Waals surface area contributed by atoms with Gasteiger partial charge in [0.25, 0.3) is 0 Å². The lowest BCUT2D eigenvalue weighted by molar-refractivity contribution is -0.886. The Hall–Kier alpha value is 0.620. The first-order valence-corrected chi connectivity index (χ1v) is 8.70. The van der Waals surface area contributed by atoms with Crippen molar-refractivity contribution in [2.45, 2.75) is 13.8 Å². The number of nitrogens with zero attached hydrogens (tertiary/aromatic N) is 2. The maximum absolute atomic E-state index is 2.31. The molecule has 0 spiro atoms. The van der Waals surface area contributed by atoms with E-state index in [2.05, 4.69) is 42.0 Å². The summed E-state index contributed by atoms with van der Waals surface area (Å²) in [5, 5.41) is 0. The largest absolute Gasteiger partial charge is 0.328 e. The topological polar surface area (TPSA) is 0 Å². The summed E-state index contributed by atoms with van der Waals surface area (Å²) in [5.41, 5.74) is 0. The maximum atomic E-state index is 2.31. The van der Waals surface area contributed by atoms with Gasteiger partial charge in [-0.1, -0.05) is 21.6 Å². The van der Waals surface area contributed by atoms with E-state index in [1.54, 1.807) is 0 Å². The van der Waals surface area contributed by atoms with Gasteiger partial charge in [-0.05, 0) is 13.8 Å². The van der Waals surface area contributed by atoms with Gasteiger partial charge in [0, 0.05) is 0 Å². The van der Waals surface area contributed by atoms with Crippen LogP contribution < -0.4 is 0 Å². The van der Waals surface area contributed by atoms with Crippen LogP contribution in [-0.2, 0) is 0 Å². The summed E-state index contributed by atoms with van der Waals surface area (Å²) in [7, 11) is 13.3. The highest BCUT2D eigenvalue weighted by molar-refractivity contribution is 8.76. The Labute approximate surface area is 110 Å². The summed E-state index contributed by atoms with van der Waals surface area (Å²) < 4.78 is 2.29. The first kappa shape index (κ1) is 16.6. The Morgan fingerprint density at radius 3 is 1.25 bits per heavy atom. The van der Waals surface area contributed by atoms with E-state index >= 15 is 0 Å². The van der Waals surface area contributed by atoms with Crippen LogP contribution in [0.25, 0.3) is 0 Å². The molecule has 4 heteroatoms. The number of hydrogen-bond acceptors (Lipinski definition) is 2. The minimum absolute atomic E-state index is 1.14. The average molecular weight is 267 g/mol. The van der Waals surface area contributed by atoms with Crippen LogP contribution in [0.15, 0.2) is 0 Å². The molecule has 0 heterocycles. The molecule has 0 aromatic rings. The first-order chi connectivity index (χ1) is 7.33. The zero-order chi connectivity index (χ0) is 12.7. The zero-order valence-electron chi connectivity index (χ0n) is 12.0. The van der Waals surface area contributed by atoms with E-state index in [9.17, 15) is 0 Å². The third-order valence-corrected chi connectivity index (χ3v) is 5.72. The molecule has 0 atom stereocenters. The predicted octanol–water partition coefficient (Wildman–Crippen LogP) is 2.56. The monoisotopic (exact) mass is 266 g/mol. The minimum Gasteiger partial charge on any atom is -0.328 e. The fourth-order valence-electron chi connectivity index (χ4n) is 1.00. The second-order valence-electron chi connectivity index (χ2n) is 5.60. The molecule has 0 fully saturated rings. The molecule has 0 N–H and O–H groups in total. The van der Waals surface area contributed by atoms with Crippen molar-refractivity contribution in [1.82, 2.24) is 0 Å². The number of quaternary nitrogens is 2. The highest BCUT2D eigenvalue weighted by Gasteiger charge is 2.12. The van der Waals surface area contributed by atoms with E-state index in [1.807, 2.05) is 21.6 Å². The van der Waals surface area contributed by atoms with Crippen molar-refractivity contribution >= 4 is 21.6 Å². The van der Waals surface area contributed by atoms with Crippen LogP contribution >= 0.6 is 21.6 Å². The Bertz CT molecular complexity index is 162. The van der Waals surface area contributed by atoms with Gasteiger partial charge in [0.05, 0.1) is 65.9 Å². The molecule has 0 aliphatic carbocycles. The Morgan fingerprint density at radius 2 is 1.00 bits per heavy atom. The van der Waals surface area contributed by atoms with E-state index in [0.29, 0.717) is 0 Å². The van der Waals surface area contributed by atoms with E-state index in [1.165, 1.54) is 37.7 Å². The van der Waals surface area contributed by atoms with Crippen LogP contribution in [0.3, 0.4) is 0 Å². The van der Waals surface area contributed by atoms with E-state index < -0.39 is 0 Å². The lowest BCUT2D eigenvalue weighted by Crippen LogP contribution is -2.41. The Kier molecular flexibility index (Phi) is 8.16. The molecule has 0 aromatic carbocycles. The van der Waals surface area contributed by atoms with Crippen LogP contribution in [0.5, 0.6) is 0 Å². The summed E-state index contributed by atoms with van der Waals surface area (Å²) in [5.74, 6) is 2.54. The van der Waals surface area contributed by atoms with Crippen molar-refractivity contribution in [2.75, 3.05) is 65.9 Å². The molecule has 0 bridgehead atoms. The van der Waals surface area contributed by atoms with Gasteiger partial charge >= 0.3 is 0 Å². The lowest BCUT2D eigenvalue weighted by Gasteiger charge is -2.28. The highest BCUT2D eigenvalue weighted by Crippen LogP contribution is 2.22. The summed E-state index contributed by atoms with van der Waals surface area (Å²) >= 11 is 0. The molecule has 0 aliphatic rings. The van der Waals surface area contributed by atoms with Crippen molar-refractivity contribution < 1.29 is 8.97 Å². The smallest absolute Gasteiger partial charge is 0.0882 e. The third-order valence-electron chi connectivity index (χ3n) is 3.36. The summed E-state index contributed by atoms with van der Waals surface area (Å²) in [6, 6.07) is 0. The molecule has 0 aromatic heterocycles. The van der Waals surface area contributed by atoms with Crippen molar-refractivity contribution in [3.05, 3.63) is 0 Å². The first-order valence-electron chi connectivity index (χ1n) is 6.21. The highest BCUT2D eigenvalue weighted by atomic mass is 33.1. The normalized spacial score (nSPS) is 13.1. The van der Waals surface area contributed by atoms with Gasteiger partial charge in [0.1, 0.15) is 0 Å². The lowest BCUT2D eigenvalue weighted by atomic mass is 10.5. The van der Waals surface area contributed by atoms with E-state index in [0.717, 1.165) is 8.97 Å². The molecule has 0 unspecified atom stereocenters. The van der Waals surface area contributed by atoms with Gasteiger partial charge in [-0.3, -0.25) is 0 Å². The molecule has 0 saturated heterocycles.